The van der Waals surface area contributed by atoms with E-state index in [0.717, 1.165) is 16.8 Å². The second-order valence-corrected chi connectivity index (χ2v) is 6.64. The van der Waals surface area contributed by atoms with Crippen molar-refractivity contribution in [3.63, 3.8) is 0 Å². The van der Waals surface area contributed by atoms with Gasteiger partial charge in [-0.25, -0.2) is 4.79 Å². The molecule has 1 amide bonds. The third-order valence-electron chi connectivity index (χ3n) is 3.61. The summed E-state index contributed by atoms with van der Waals surface area (Å²) in [6.45, 7) is 7.45. The Morgan fingerprint density at radius 1 is 1.39 bits per heavy atom. The maximum absolute atomic E-state index is 12.1. The Balaban J connectivity index is 1.98. The van der Waals surface area contributed by atoms with E-state index in [2.05, 4.69) is 10.4 Å². The van der Waals surface area contributed by atoms with Crippen LogP contribution in [-0.2, 0) is 11.8 Å². The highest BCUT2D eigenvalue weighted by Crippen LogP contribution is 2.45. The van der Waals surface area contributed by atoms with Crippen LogP contribution in [-0.4, -0.2) is 21.5 Å². The van der Waals surface area contributed by atoms with E-state index >= 15 is 0 Å². The molecule has 2 aromatic rings. The van der Waals surface area contributed by atoms with E-state index in [9.17, 15) is 4.79 Å². The molecule has 2 heterocycles. The fraction of sp³-hybridized carbons (Fsp3) is 0.412. The number of rotatable bonds is 1. The third-order valence-corrected chi connectivity index (χ3v) is 3.61. The summed E-state index contributed by atoms with van der Waals surface area (Å²) in [4.78, 5) is 12.1. The highest BCUT2D eigenvalue weighted by atomic mass is 16.6. The van der Waals surface area contributed by atoms with Gasteiger partial charge >= 0.3 is 6.09 Å². The normalized spacial score (nSPS) is 16.1. The number of ether oxygens (including phenoxy) is 2. The quantitative estimate of drug-likeness (QED) is 0.867. The first-order chi connectivity index (χ1) is 10.8. The largest absolute Gasteiger partial charge is 0.483 e. The summed E-state index contributed by atoms with van der Waals surface area (Å²) in [5, 5.41) is 7.09. The van der Waals surface area contributed by atoms with E-state index in [0.29, 0.717) is 11.4 Å². The average Bonchev–Trinajstić information content (AvgIpc) is 2.81. The second-order valence-electron chi connectivity index (χ2n) is 6.64. The number of aryl methyl sites for hydroxylation is 1. The molecule has 0 fully saturated rings. The van der Waals surface area contributed by atoms with E-state index < -0.39 is 11.7 Å². The van der Waals surface area contributed by atoms with Gasteiger partial charge in [-0.05, 0) is 39.8 Å². The van der Waals surface area contributed by atoms with E-state index in [1.54, 1.807) is 6.07 Å². The van der Waals surface area contributed by atoms with Gasteiger partial charge in [0.15, 0.2) is 5.75 Å². The Morgan fingerprint density at radius 3 is 2.83 bits per heavy atom. The number of hydrogen-bond donors (Lipinski definition) is 1. The summed E-state index contributed by atoms with van der Waals surface area (Å²) >= 11 is 0. The monoisotopic (exact) mass is 315 g/mol. The SMILES string of the molecule is CC1Oc2c(NC(=O)OC(C)(C)C)cccc2-c2c1cnn2C. The number of amides is 1. The molecule has 0 saturated carbocycles. The van der Waals surface area contributed by atoms with Crippen LogP contribution in [0.2, 0.25) is 0 Å². The highest BCUT2D eigenvalue weighted by molar-refractivity contribution is 5.90. The standard InChI is InChI=1S/C17H21N3O3/c1-10-12-9-18-20(5)14(12)11-7-6-8-13(15(11)22-10)19-16(21)23-17(2,3)4/h6-10H,1-5H3,(H,19,21). The van der Waals surface area contributed by atoms with Crippen LogP contribution in [0.1, 0.15) is 39.4 Å². The number of fused-ring (bicyclic) bond motifs is 3. The van der Waals surface area contributed by atoms with Crippen LogP contribution in [0.3, 0.4) is 0 Å². The van der Waals surface area contributed by atoms with Crippen molar-refractivity contribution < 1.29 is 14.3 Å². The Kier molecular flexibility index (Phi) is 3.55. The van der Waals surface area contributed by atoms with Crippen LogP contribution in [0.15, 0.2) is 24.4 Å². The van der Waals surface area contributed by atoms with Crippen molar-refractivity contribution in [3.05, 3.63) is 30.0 Å². The molecule has 122 valence electrons. The minimum absolute atomic E-state index is 0.132. The summed E-state index contributed by atoms with van der Waals surface area (Å²) in [6, 6.07) is 5.64. The number of carbonyl (C=O) groups excluding carboxylic acids is 1. The van der Waals surface area contributed by atoms with Crippen LogP contribution in [0.25, 0.3) is 11.3 Å². The van der Waals surface area contributed by atoms with E-state index in [1.165, 1.54) is 0 Å². The topological polar surface area (TPSA) is 65.4 Å². The lowest BCUT2D eigenvalue weighted by Gasteiger charge is -2.26. The molecule has 3 rings (SSSR count). The molecule has 1 aromatic carbocycles. The van der Waals surface area contributed by atoms with Gasteiger partial charge < -0.3 is 9.47 Å². The van der Waals surface area contributed by atoms with Gasteiger partial charge in [0.25, 0.3) is 0 Å². The molecule has 0 radical (unpaired) electrons. The Hall–Kier alpha value is -2.50. The third kappa shape index (κ3) is 2.88. The number of para-hydroxylation sites is 1. The number of nitrogens with zero attached hydrogens (tertiary/aromatic N) is 2. The van der Waals surface area contributed by atoms with Gasteiger partial charge in [0.2, 0.25) is 0 Å². The van der Waals surface area contributed by atoms with Crippen molar-refractivity contribution in [1.29, 1.82) is 0 Å². The maximum Gasteiger partial charge on any atom is 0.412 e. The fourth-order valence-corrected chi connectivity index (χ4v) is 2.68. The molecular weight excluding hydrogens is 294 g/mol. The van der Waals surface area contributed by atoms with Crippen molar-refractivity contribution in [1.82, 2.24) is 9.78 Å². The molecule has 6 nitrogen and oxygen atoms in total. The van der Waals surface area contributed by atoms with Crippen molar-refractivity contribution in [3.8, 4) is 17.0 Å². The van der Waals surface area contributed by atoms with Gasteiger partial charge in [0.1, 0.15) is 11.7 Å². The number of anilines is 1. The number of carbonyl (C=O) groups is 1. The van der Waals surface area contributed by atoms with Crippen LogP contribution in [0, 0.1) is 0 Å². The van der Waals surface area contributed by atoms with E-state index in [-0.39, 0.29) is 6.10 Å². The molecule has 6 heteroatoms. The van der Waals surface area contributed by atoms with Gasteiger partial charge in [0, 0.05) is 18.2 Å². The summed E-state index contributed by atoms with van der Waals surface area (Å²) in [5.74, 6) is 0.641. The Labute approximate surface area is 135 Å². The van der Waals surface area contributed by atoms with Gasteiger partial charge in [-0.15, -0.1) is 0 Å². The number of hydrogen-bond acceptors (Lipinski definition) is 4. The molecule has 0 aliphatic carbocycles. The number of aromatic nitrogens is 2. The molecule has 1 aliphatic rings. The van der Waals surface area contributed by atoms with Gasteiger partial charge in [-0.3, -0.25) is 10.00 Å². The first-order valence-corrected chi connectivity index (χ1v) is 7.58. The van der Waals surface area contributed by atoms with Crippen molar-refractivity contribution >= 4 is 11.8 Å². The molecule has 1 aromatic heterocycles. The predicted octanol–water partition coefficient (Wildman–Crippen LogP) is 3.89. The lowest BCUT2D eigenvalue weighted by molar-refractivity contribution is 0.0635. The van der Waals surface area contributed by atoms with Gasteiger partial charge in [-0.2, -0.15) is 5.10 Å². The van der Waals surface area contributed by atoms with Crippen LogP contribution in [0.5, 0.6) is 5.75 Å². The average molecular weight is 315 g/mol. The van der Waals surface area contributed by atoms with Crippen LogP contribution in [0.4, 0.5) is 10.5 Å². The fourth-order valence-electron chi connectivity index (χ4n) is 2.68. The molecule has 1 atom stereocenters. The summed E-state index contributed by atoms with van der Waals surface area (Å²) < 4.78 is 13.1. The van der Waals surface area contributed by atoms with Gasteiger partial charge in [0.05, 0.1) is 17.6 Å². The highest BCUT2D eigenvalue weighted by Gasteiger charge is 2.29. The zero-order valence-corrected chi connectivity index (χ0v) is 14.0. The molecule has 0 spiro atoms. The summed E-state index contributed by atoms with van der Waals surface area (Å²) in [5.41, 5.74) is 2.99. The lowest BCUT2D eigenvalue weighted by Crippen LogP contribution is -2.27. The maximum atomic E-state index is 12.1. The zero-order chi connectivity index (χ0) is 16.8. The molecule has 1 aliphatic heterocycles. The minimum Gasteiger partial charge on any atom is -0.483 e. The van der Waals surface area contributed by atoms with Crippen molar-refractivity contribution in [2.75, 3.05) is 5.32 Å². The summed E-state index contributed by atoms with van der Waals surface area (Å²) in [6.07, 6.45) is 1.18. The molecule has 0 bridgehead atoms. The predicted molar refractivity (Wildman–Crippen MR) is 87.5 cm³/mol. The lowest BCUT2D eigenvalue weighted by atomic mass is 9.99. The molecule has 1 N–H and O–H groups in total. The van der Waals surface area contributed by atoms with Crippen LogP contribution >= 0.6 is 0 Å². The Bertz CT molecular complexity index is 759. The van der Waals surface area contributed by atoms with Gasteiger partial charge in [-0.1, -0.05) is 6.07 Å². The number of benzene rings is 1. The molecule has 0 saturated heterocycles. The zero-order valence-electron chi connectivity index (χ0n) is 14.0. The first-order valence-electron chi connectivity index (χ1n) is 7.58. The van der Waals surface area contributed by atoms with E-state index in [4.69, 9.17) is 9.47 Å². The van der Waals surface area contributed by atoms with E-state index in [1.807, 2.05) is 57.8 Å². The summed E-state index contributed by atoms with van der Waals surface area (Å²) in [7, 11) is 1.90. The Morgan fingerprint density at radius 2 is 2.13 bits per heavy atom. The molecule has 23 heavy (non-hydrogen) atoms. The minimum atomic E-state index is -0.553. The van der Waals surface area contributed by atoms with Crippen LogP contribution < -0.4 is 10.1 Å². The smallest absolute Gasteiger partial charge is 0.412 e. The molecular formula is C17H21N3O3. The van der Waals surface area contributed by atoms with Crippen molar-refractivity contribution in [2.45, 2.75) is 39.4 Å². The number of nitrogens with one attached hydrogen (secondary N) is 1. The molecule has 1 unspecified atom stereocenters. The van der Waals surface area contributed by atoms with Crippen molar-refractivity contribution in [2.24, 2.45) is 7.05 Å². The second kappa shape index (κ2) is 5.30. The first kappa shape index (κ1) is 15.4.